The molecular weight excluding hydrogens is 328 g/mol. The van der Waals surface area contributed by atoms with Gasteiger partial charge in [-0.05, 0) is 41.0 Å². The van der Waals surface area contributed by atoms with Crippen LogP contribution in [0.1, 0.15) is 48.0 Å². The molecule has 4 atom stereocenters. The average Bonchev–Trinajstić information content (AvgIpc) is 2.88. The van der Waals surface area contributed by atoms with Gasteiger partial charge in [-0.2, -0.15) is 0 Å². The maximum absolute atomic E-state index is 12.8. The quantitative estimate of drug-likeness (QED) is 0.589. The Bertz CT molecular complexity index is 580. The van der Waals surface area contributed by atoms with Crippen molar-refractivity contribution in [3.63, 3.8) is 0 Å². The number of aliphatic hydroxyl groups excluding tert-OH is 1. The molecule has 3 N–H and O–H groups in total. The first kappa shape index (κ1) is 19.5. The highest BCUT2D eigenvalue weighted by Crippen LogP contribution is 2.44. The van der Waals surface area contributed by atoms with Gasteiger partial charge in [-0.15, -0.1) is 0 Å². The van der Waals surface area contributed by atoms with Crippen LogP contribution in [0.15, 0.2) is 11.8 Å². The second-order valence-corrected chi connectivity index (χ2v) is 7.82. The van der Waals surface area contributed by atoms with Crippen molar-refractivity contribution in [1.29, 1.82) is 0 Å². The molecule has 2 saturated heterocycles. The largest absolute Gasteiger partial charge is 0.515 e. The summed E-state index contributed by atoms with van der Waals surface area (Å²) in [5.41, 5.74) is 4.58. The third-order valence-corrected chi connectivity index (χ3v) is 4.28. The normalized spacial score (nSPS) is 31.8. The summed E-state index contributed by atoms with van der Waals surface area (Å²) in [5.74, 6) is -1.69. The third kappa shape index (κ3) is 3.74. The number of nitrogens with zero attached hydrogens (tertiary/aromatic N) is 1. The predicted molar refractivity (Wildman–Crippen MR) is 89.7 cm³/mol. The molecule has 0 aromatic rings. The lowest BCUT2D eigenvalue weighted by Gasteiger charge is -2.35. The molecule has 0 saturated carbocycles. The number of primary amides is 1. The predicted octanol–water partition coefficient (Wildman–Crippen LogP) is 1.83. The van der Waals surface area contributed by atoms with Crippen molar-refractivity contribution in [1.82, 2.24) is 4.90 Å². The number of fused-ring (bicyclic) bond motifs is 1. The van der Waals surface area contributed by atoms with Crippen molar-refractivity contribution in [2.24, 2.45) is 5.73 Å². The van der Waals surface area contributed by atoms with Gasteiger partial charge in [0.15, 0.2) is 5.79 Å². The summed E-state index contributed by atoms with van der Waals surface area (Å²) in [6, 6.07) is -1.25. The number of nitrogens with two attached hydrogens (primary N) is 1. The third-order valence-electron chi connectivity index (χ3n) is 4.28. The molecule has 2 heterocycles. The monoisotopic (exact) mass is 356 g/mol. The van der Waals surface area contributed by atoms with Crippen molar-refractivity contribution in [2.45, 2.75) is 83.6 Å². The second-order valence-electron chi connectivity index (χ2n) is 7.82. The Morgan fingerprint density at radius 3 is 2.28 bits per heavy atom. The van der Waals surface area contributed by atoms with E-state index in [1.807, 2.05) is 6.92 Å². The minimum Gasteiger partial charge on any atom is -0.515 e. The van der Waals surface area contributed by atoms with Crippen molar-refractivity contribution in [3.8, 4) is 0 Å². The van der Waals surface area contributed by atoms with E-state index in [0.29, 0.717) is 12.7 Å². The van der Waals surface area contributed by atoms with Crippen molar-refractivity contribution < 1.29 is 28.9 Å². The summed E-state index contributed by atoms with van der Waals surface area (Å²) in [6.45, 7) is 10.7. The standard InChI is InChI=1S/C17H28N2O6/c1-7-10-12-13(24-17(5,6)23-12)11(9(8-20)14(18)21)19(10)15(22)25-16(2,3)4/h8,10-13,20H,7H2,1-6H3,(H2,18,21)/b9-8-/t10-,11?,12-,13+/m1/s1. The van der Waals surface area contributed by atoms with Crippen LogP contribution in [-0.4, -0.2) is 57.7 Å². The molecule has 2 rings (SSSR count). The molecule has 8 heteroatoms. The molecule has 8 nitrogen and oxygen atoms in total. The van der Waals surface area contributed by atoms with Crippen molar-refractivity contribution in [2.75, 3.05) is 0 Å². The maximum atomic E-state index is 12.8. The van der Waals surface area contributed by atoms with E-state index in [-0.39, 0.29) is 11.6 Å². The fourth-order valence-electron chi connectivity index (χ4n) is 3.49. The van der Waals surface area contributed by atoms with Crippen molar-refractivity contribution >= 4 is 12.0 Å². The van der Waals surface area contributed by atoms with Crippen LogP contribution < -0.4 is 5.73 Å². The lowest BCUT2D eigenvalue weighted by Crippen LogP contribution is -2.50. The molecule has 0 radical (unpaired) electrons. The van der Waals surface area contributed by atoms with E-state index in [1.165, 1.54) is 4.90 Å². The van der Waals surface area contributed by atoms with Crippen LogP contribution in [0.4, 0.5) is 4.79 Å². The van der Waals surface area contributed by atoms with Gasteiger partial charge in [0.05, 0.1) is 23.9 Å². The van der Waals surface area contributed by atoms with Crippen LogP contribution in [0.5, 0.6) is 0 Å². The zero-order chi connectivity index (χ0) is 19.2. The highest BCUT2D eigenvalue weighted by molar-refractivity contribution is 5.94. The van der Waals surface area contributed by atoms with E-state index in [0.717, 1.165) is 0 Å². The zero-order valence-corrected chi connectivity index (χ0v) is 15.6. The average molecular weight is 356 g/mol. The highest BCUT2D eigenvalue weighted by atomic mass is 16.8. The molecule has 0 bridgehead atoms. The minimum atomic E-state index is -0.880. The van der Waals surface area contributed by atoms with E-state index in [4.69, 9.17) is 19.9 Å². The summed E-state index contributed by atoms with van der Waals surface area (Å²) in [6.07, 6.45) is -0.489. The minimum absolute atomic E-state index is 0.113. The molecule has 0 aromatic carbocycles. The topological polar surface area (TPSA) is 111 Å². The molecule has 25 heavy (non-hydrogen) atoms. The molecule has 142 valence electrons. The Hall–Kier alpha value is -1.80. The van der Waals surface area contributed by atoms with Crippen LogP contribution in [0.2, 0.25) is 0 Å². The van der Waals surface area contributed by atoms with E-state index >= 15 is 0 Å². The summed E-state index contributed by atoms with van der Waals surface area (Å²) < 4.78 is 17.4. The zero-order valence-electron chi connectivity index (χ0n) is 15.6. The van der Waals surface area contributed by atoms with Crippen LogP contribution in [0.25, 0.3) is 0 Å². The first-order valence-electron chi connectivity index (χ1n) is 8.43. The molecule has 0 aliphatic carbocycles. The number of hydrogen-bond donors (Lipinski definition) is 2. The van der Waals surface area contributed by atoms with E-state index < -0.39 is 41.6 Å². The van der Waals surface area contributed by atoms with Gasteiger partial charge < -0.3 is 25.1 Å². The summed E-state index contributed by atoms with van der Waals surface area (Å²) in [4.78, 5) is 26.0. The number of hydrogen-bond acceptors (Lipinski definition) is 6. The molecule has 2 aliphatic rings. The first-order valence-corrected chi connectivity index (χ1v) is 8.43. The Kier molecular flexibility index (Phi) is 5.07. The molecule has 0 spiro atoms. The first-order chi connectivity index (χ1) is 11.4. The SMILES string of the molecule is CC[C@@H]1[C@H]2OC(C)(C)O[C@H]2C(/C(=C/O)C(N)=O)N1C(=O)OC(C)(C)C. The van der Waals surface area contributed by atoms with Crippen LogP contribution in [-0.2, 0) is 19.0 Å². The fraction of sp³-hybridized carbons (Fsp3) is 0.765. The van der Waals surface area contributed by atoms with Crippen molar-refractivity contribution in [3.05, 3.63) is 11.8 Å². The number of aliphatic hydroxyl groups is 1. The van der Waals surface area contributed by atoms with Crippen LogP contribution in [0.3, 0.4) is 0 Å². The molecule has 2 fully saturated rings. The summed E-state index contributed by atoms with van der Waals surface area (Å²) >= 11 is 0. The van der Waals surface area contributed by atoms with Crippen LogP contribution >= 0.6 is 0 Å². The lowest BCUT2D eigenvalue weighted by atomic mass is 10.0. The van der Waals surface area contributed by atoms with E-state index in [1.54, 1.807) is 34.6 Å². The van der Waals surface area contributed by atoms with Gasteiger partial charge >= 0.3 is 6.09 Å². The molecule has 2 aliphatic heterocycles. The Morgan fingerprint density at radius 2 is 1.84 bits per heavy atom. The molecule has 1 unspecified atom stereocenters. The van der Waals surface area contributed by atoms with Gasteiger partial charge in [-0.3, -0.25) is 9.69 Å². The molecule has 2 amide bonds. The number of amides is 2. The lowest BCUT2D eigenvalue weighted by molar-refractivity contribution is -0.165. The smallest absolute Gasteiger partial charge is 0.411 e. The van der Waals surface area contributed by atoms with Crippen LogP contribution in [0, 0.1) is 0 Å². The maximum Gasteiger partial charge on any atom is 0.411 e. The van der Waals surface area contributed by atoms with Gasteiger partial charge in [0.1, 0.15) is 17.8 Å². The fourth-order valence-corrected chi connectivity index (χ4v) is 3.49. The number of ether oxygens (including phenoxy) is 3. The molecule has 0 aromatic heterocycles. The number of carbonyl (C=O) groups excluding carboxylic acids is 2. The summed E-state index contributed by atoms with van der Waals surface area (Å²) in [5, 5.41) is 9.56. The highest BCUT2D eigenvalue weighted by Gasteiger charge is 2.60. The number of rotatable bonds is 3. The number of carbonyl (C=O) groups is 2. The molecular formula is C17H28N2O6. The van der Waals surface area contributed by atoms with Gasteiger partial charge in [0, 0.05) is 0 Å². The Labute approximate surface area is 147 Å². The van der Waals surface area contributed by atoms with Gasteiger partial charge in [0.2, 0.25) is 5.91 Å². The Morgan fingerprint density at radius 1 is 1.28 bits per heavy atom. The number of likely N-dealkylation sites (tertiary alicyclic amines) is 1. The van der Waals surface area contributed by atoms with Gasteiger partial charge in [0.25, 0.3) is 0 Å². The van der Waals surface area contributed by atoms with E-state index in [9.17, 15) is 14.7 Å². The van der Waals surface area contributed by atoms with Gasteiger partial charge in [-0.1, -0.05) is 6.92 Å². The second kappa shape index (κ2) is 6.49. The Balaban J connectivity index is 2.47. The van der Waals surface area contributed by atoms with Gasteiger partial charge in [-0.25, -0.2) is 4.79 Å². The summed E-state index contributed by atoms with van der Waals surface area (Å²) in [7, 11) is 0. The van der Waals surface area contributed by atoms with E-state index in [2.05, 4.69) is 0 Å².